The van der Waals surface area contributed by atoms with Gasteiger partial charge in [-0.3, -0.25) is 9.78 Å². The molecule has 0 saturated carbocycles. The average molecular weight is 315 g/mol. The zero-order valence-corrected chi connectivity index (χ0v) is 13.3. The SMILES string of the molecule is C/C(=N\NC(=O)c1ccc(-c2ccccc2)cc1)c1ccncc1. The van der Waals surface area contributed by atoms with Gasteiger partial charge in [0.15, 0.2) is 0 Å². The molecule has 3 rings (SSSR count). The predicted molar refractivity (Wildman–Crippen MR) is 95.8 cm³/mol. The lowest BCUT2D eigenvalue weighted by atomic mass is 10.0. The Morgan fingerprint density at radius 2 is 1.46 bits per heavy atom. The van der Waals surface area contributed by atoms with Crippen molar-refractivity contribution >= 4 is 11.6 Å². The van der Waals surface area contributed by atoms with E-state index in [-0.39, 0.29) is 5.91 Å². The van der Waals surface area contributed by atoms with Crippen LogP contribution in [-0.2, 0) is 0 Å². The van der Waals surface area contributed by atoms with Gasteiger partial charge in [-0.25, -0.2) is 5.43 Å². The molecule has 0 spiro atoms. The Kier molecular flexibility index (Phi) is 4.77. The topological polar surface area (TPSA) is 54.4 Å². The van der Waals surface area contributed by atoms with E-state index in [9.17, 15) is 4.79 Å². The highest BCUT2D eigenvalue weighted by molar-refractivity contribution is 6.00. The van der Waals surface area contributed by atoms with E-state index in [1.54, 1.807) is 24.5 Å². The van der Waals surface area contributed by atoms with Crippen molar-refractivity contribution in [1.29, 1.82) is 0 Å². The van der Waals surface area contributed by atoms with Gasteiger partial charge in [-0.15, -0.1) is 0 Å². The fourth-order valence-electron chi connectivity index (χ4n) is 2.30. The highest BCUT2D eigenvalue weighted by atomic mass is 16.2. The van der Waals surface area contributed by atoms with Crippen molar-refractivity contribution in [3.8, 4) is 11.1 Å². The summed E-state index contributed by atoms with van der Waals surface area (Å²) in [7, 11) is 0. The summed E-state index contributed by atoms with van der Waals surface area (Å²) >= 11 is 0. The minimum atomic E-state index is -0.233. The number of aromatic nitrogens is 1. The Bertz CT molecular complexity index is 841. The minimum absolute atomic E-state index is 0.233. The summed E-state index contributed by atoms with van der Waals surface area (Å²) in [5.41, 5.74) is 7.00. The number of amides is 1. The molecule has 1 heterocycles. The minimum Gasteiger partial charge on any atom is -0.267 e. The van der Waals surface area contributed by atoms with Crippen LogP contribution in [0.2, 0.25) is 0 Å². The summed E-state index contributed by atoms with van der Waals surface area (Å²) in [6.07, 6.45) is 3.39. The molecule has 1 N–H and O–H groups in total. The summed E-state index contributed by atoms with van der Waals surface area (Å²) in [5.74, 6) is -0.233. The smallest absolute Gasteiger partial charge is 0.267 e. The van der Waals surface area contributed by atoms with Gasteiger partial charge in [-0.1, -0.05) is 42.5 Å². The van der Waals surface area contributed by atoms with Crippen molar-refractivity contribution < 1.29 is 4.79 Å². The first-order valence-corrected chi connectivity index (χ1v) is 7.64. The second-order valence-electron chi connectivity index (χ2n) is 5.32. The quantitative estimate of drug-likeness (QED) is 0.586. The largest absolute Gasteiger partial charge is 0.271 e. The number of pyridine rings is 1. The van der Waals surface area contributed by atoms with E-state index in [1.165, 1.54) is 0 Å². The van der Waals surface area contributed by atoms with Gasteiger partial charge in [0.25, 0.3) is 5.91 Å². The number of benzene rings is 2. The number of hydrogen-bond acceptors (Lipinski definition) is 3. The van der Waals surface area contributed by atoms with Crippen LogP contribution >= 0.6 is 0 Å². The third-order valence-electron chi connectivity index (χ3n) is 3.68. The van der Waals surface area contributed by atoms with Crippen LogP contribution in [0.1, 0.15) is 22.8 Å². The van der Waals surface area contributed by atoms with Gasteiger partial charge < -0.3 is 0 Å². The third-order valence-corrected chi connectivity index (χ3v) is 3.68. The summed E-state index contributed by atoms with van der Waals surface area (Å²) in [4.78, 5) is 16.2. The Labute approximate surface area is 140 Å². The van der Waals surface area contributed by atoms with Crippen LogP contribution in [0.25, 0.3) is 11.1 Å². The van der Waals surface area contributed by atoms with Crippen molar-refractivity contribution in [2.75, 3.05) is 0 Å². The highest BCUT2D eigenvalue weighted by Gasteiger charge is 2.05. The van der Waals surface area contributed by atoms with E-state index in [4.69, 9.17) is 0 Å². The van der Waals surface area contributed by atoms with Crippen molar-refractivity contribution in [3.63, 3.8) is 0 Å². The summed E-state index contributed by atoms with van der Waals surface area (Å²) in [6, 6.07) is 21.2. The van der Waals surface area contributed by atoms with E-state index < -0.39 is 0 Å². The van der Waals surface area contributed by atoms with Crippen LogP contribution in [0.4, 0.5) is 0 Å². The van der Waals surface area contributed by atoms with Crippen LogP contribution in [0, 0.1) is 0 Å². The maximum atomic E-state index is 12.2. The second-order valence-corrected chi connectivity index (χ2v) is 5.32. The predicted octanol–water partition coefficient (Wildman–Crippen LogP) is 3.90. The molecule has 2 aromatic carbocycles. The van der Waals surface area contributed by atoms with E-state index in [1.807, 2.05) is 61.5 Å². The van der Waals surface area contributed by atoms with E-state index >= 15 is 0 Å². The molecule has 0 unspecified atom stereocenters. The molecular weight excluding hydrogens is 298 g/mol. The van der Waals surface area contributed by atoms with Crippen LogP contribution in [0.5, 0.6) is 0 Å². The Hall–Kier alpha value is -3.27. The monoisotopic (exact) mass is 315 g/mol. The number of hydrogen-bond donors (Lipinski definition) is 1. The zero-order chi connectivity index (χ0) is 16.8. The molecule has 0 atom stereocenters. The number of carbonyl (C=O) groups excluding carboxylic acids is 1. The molecule has 0 bridgehead atoms. The molecule has 4 nitrogen and oxygen atoms in total. The maximum Gasteiger partial charge on any atom is 0.271 e. The first kappa shape index (κ1) is 15.6. The fraction of sp³-hybridized carbons (Fsp3) is 0.0500. The number of hydrazone groups is 1. The molecule has 0 aliphatic carbocycles. The normalized spacial score (nSPS) is 11.1. The van der Waals surface area contributed by atoms with Crippen LogP contribution < -0.4 is 5.43 Å². The van der Waals surface area contributed by atoms with Gasteiger partial charge in [0, 0.05) is 23.5 Å². The first-order valence-electron chi connectivity index (χ1n) is 7.64. The Morgan fingerprint density at radius 1 is 0.833 bits per heavy atom. The van der Waals surface area contributed by atoms with E-state index in [2.05, 4.69) is 15.5 Å². The third kappa shape index (κ3) is 3.73. The van der Waals surface area contributed by atoms with Gasteiger partial charge in [0.1, 0.15) is 0 Å². The number of nitrogens with one attached hydrogen (secondary N) is 1. The van der Waals surface area contributed by atoms with Gasteiger partial charge in [0.05, 0.1) is 5.71 Å². The van der Waals surface area contributed by atoms with Gasteiger partial charge in [-0.05, 0) is 42.3 Å². The molecule has 1 amide bonds. The van der Waals surface area contributed by atoms with Gasteiger partial charge in [0.2, 0.25) is 0 Å². The lowest BCUT2D eigenvalue weighted by Gasteiger charge is -2.05. The van der Waals surface area contributed by atoms with Crippen LogP contribution in [0.15, 0.2) is 84.2 Å². The Balaban J connectivity index is 1.70. The van der Waals surface area contributed by atoms with Crippen molar-refractivity contribution in [1.82, 2.24) is 10.4 Å². The maximum absolute atomic E-state index is 12.2. The van der Waals surface area contributed by atoms with E-state index in [0.717, 1.165) is 22.4 Å². The number of rotatable bonds is 4. The average Bonchev–Trinajstić information content (AvgIpc) is 2.67. The highest BCUT2D eigenvalue weighted by Crippen LogP contribution is 2.19. The van der Waals surface area contributed by atoms with Crippen LogP contribution in [-0.4, -0.2) is 16.6 Å². The molecule has 4 heteroatoms. The molecule has 24 heavy (non-hydrogen) atoms. The molecule has 1 aromatic heterocycles. The lowest BCUT2D eigenvalue weighted by Crippen LogP contribution is -2.19. The molecule has 0 radical (unpaired) electrons. The number of nitrogens with zero attached hydrogens (tertiary/aromatic N) is 2. The summed E-state index contributed by atoms with van der Waals surface area (Å²) in [5, 5.41) is 4.14. The molecule has 3 aromatic rings. The van der Waals surface area contributed by atoms with Gasteiger partial charge >= 0.3 is 0 Å². The van der Waals surface area contributed by atoms with Crippen molar-refractivity contribution in [3.05, 3.63) is 90.3 Å². The summed E-state index contributed by atoms with van der Waals surface area (Å²) < 4.78 is 0. The molecule has 0 saturated heterocycles. The molecule has 118 valence electrons. The fourth-order valence-corrected chi connectivity index (χ4v) is 2.30. The van der Waals surface area contributed by atoms with Crippen molar-refractivity contribution in [2.24, 2.45) is 5.10 Å². The molecular formula is C20H17N3O. The first-order chi connectivity index (χ1) is 11.7. The van der Waals surface area contributed by atoms with E-state index in [0.29, 0.717) is 5.56 Å². The van der Waals surface area contributed by atoms with Crippen LogP contribution in [0.3, 0.4) is 0 Å². The standard InChI is InChI=1S/C20H17N3O/c1-15(16-11-13-21-14-12-16)22-23-20(24)19-9-7-18(8-10-19)17-5-3-2-4-6-17/h2-14H,1H3,(H,23,24)/b22-15+. The van der Waals surface area contributed by atoms with Gasteiger partial charge in [-0.2, -0.15) is 5.10 Å². The molecule has 0 aliphatic heterocycles. The summed E-state index contributed by atoms with van der Waals surface area (Å²) in [6.45, 7) is 1.84. The lowest BCUT2D eigenvalue weighted by molar-refractivity contribution is 0.0955. The molecule has 0 fully saturated rings. The zero-order valence-electron chi connectivity index (χ0n) is 13.3. The number of carbonyl (C=O) groups is 1. The van der Waals surface area contributed by atoms with Crippen molar-refractivity contribution in [2.45, 2.75) is 6.92 Å². The second kappa shape index (κ2) is 7.33. The Morgan fingerprint density at radius 3 is 2.12 bits per heavy atom. The molecule has 0 aliphatic rings.